The van der Waals surface area contributed by atoms with Crippen molar-refractivity contribution in [2.24, 2.45) is 0 Å². The number of aryl methyl sites for hydroxylation is 1. The lowest BCUT2D eigenvalue weighted by atomic mass is 10.1. The summed E-state index contributed by atoms with van der Waals surface area (Å²) >= 11 is 0. The van der Waals surface area contributed by atoms with Crippen LogP contribution in [-0.4, -0.2) is 0 Å². The lowest BCUT2D eigenvalue weighted by Crippen LogP contribution is -2.02. The normalized spacial score (nSPS) is 10.7. The first-order valence-corrected chi connectivity index (χ1v) is 6.55. The Morgan fingerprint density at radius 1 is 0.810 bits per heavy atom. The van der Waals surface area contributed by atoms with Crippen LogP contribution in [0.5, 0.6) is 5.75 Å². The Bertz CT molecular complexity index is 597. The molecule has 0 amide bonds. The molecule has 0 heterocycles. The second kappa shape index (κ2) is 6.61. The quantitative estimate of drug-likeness (QED) is 0.722. The third-order valence-electron chi connectivity index (χ3n) is 2.90. The summed E-state index contributed by atoms with van der Waals surface area (Å²) in [5.41, 5.74) is 0.695. The van der Waals surface area contributed by atoms with Crippen molar-refractivity contribution in [1.82, 2.24) is 0 Å². The molecule has 0 aliphatic heterocycles. The average molecular weight is 298 g/mol. The third-order valence-corrected chi connectivity index (χ3v) is 2.90. The fourth-order valence-electron chi connectivity index (χ4n) is 2.03. The smallest absolute Gasteiger partial charge is 0.191 e. The van der Waals surface area contributed by atoms with Gasteiger partial charge in [-0.05, 0) is 41.8 Å². The first-order chi connectivity index (χ1) is 9.99. The lowest BCUT2D eigenvalue weighted by Gasteiger charge is -2.10. The van der Waals surface area contributed by atoms with Gasteiger partial charge in [-0.25, -0.2) is 17.6 Å². The molecule has 5 heteroatoms. The molecule has 0 N–H and O–H groups in total. The highest BCUT2D eigenvalue weighted by Crippen LogP contribution is 2.25. The molecule has 0 fully saturated rings. The van der Waals surface area contributed by atoms with Gasteiger partial charge >= 0.3 is 0 Å². The molecule has 2 aromatic carbocycles. The predicted molar refractivity (Wildman–Crippen MR) is 71.0 cm³/mol. The minimum absolute atomic E-state index is 0.156. The highest BCUT2D eigenvalue weighted by atomic mass is 19.1. The molecule has 0 aromatic heterocycles. The number of rotatable bonds is 5. The van der Waals surface area contributed by atoms with Crippen LogP contribution in [0.25, 0.3) is 0 Å². The van der Waals surface area contributed by atoms with E-state index in [1.54, 1.807) is 0 Å². The van der Waals surface area contributed by atoms with Crippen LogP contribution in [0.2, 0.25) is 0 Å². The largest absolute Gasteiger partial charge is 0.483 e. The minimum Gasteiger partial charge on any atom is -0.483 e. The van der Waals surface area contributed by atoms with E-state index in [2.05, 4.69) is 0 Å². The van der Waals surface area contributed by atoms with Crippen molar-refractivity contribution in [3.8, 4) is 5.75 Å². The van der Waals surface area contributed by atoms with Crippen LogP contribution in [0.4, 0.5) is 17.6 Å². The molecule has 0 spiro atoms. The van der Waals surface area contributed by atoms with Gasteiger partial charge in [0.25, 0.3) is 0 Å². The Hall–Kier alpha value is -2.04. The molecule has 0 aliphatic rings. The van der Waals surface area contributed by atoms with Crippen molar-refractivity contribution in [2.45, 2.75) is 26.4 Å². The van der Waals surface area contributed by atoms with E-state index in [1.165, 1.54) is 12.1 Å². The fourth-order valence-corrected chi connectivity index (χ4v) is 2.03. The molecule has 0 aliphatic carbocycles. The van der Waals surface area contributed by atoms with Gasteiger partial charge in [0, 0.05) is 6.07 Å². The summed E-state index contributed by atoms with van der Waals surface area (Å²) in [4.78, 5) is 0. The molecule has 2 aromatic rings. The Morgan fingerprint density at radius 2 is 1.38 bits per heavy atom. The monoisotopic (exact) mass is 298 g/mol. The first-order valence-electron chi connectivity index (χ1n) is 6.55. The van der Waals surface area contributed by atoms with Crippen LogP contribution in [0.15, 0.2) is 30.3 Å². The molecule has 0 saturated heterocycles. The Balaban J connectivity index is 2.16. The maximum absolute atomic E-state index is 13.8. The van der Waals surface area contributed by atoms with E-state index in [1.807, 2.05) is 6.92 Å². The molecular formula is C16H14F4O. The van der Waals surface area contributed by atoms with Crippen LogP contribution in [0, 0.1) is 23.3 Å². The van der Waals surface area contributed by atoms with E-state index in [9.17, 15) is 17.6 Å². The van der Waals surface area contributed by atoms with Gasteiger partial charge in [0.15, 0.2) is 17.4 Å². The zero-order valence-corrected chi connectivity index (χ0v) is 11.4. The highest BCUT2D eigenvalue weighted by Gasteiger charge is 2.13. The summed E-state index contributed by atoms with van der Waals surface area (Å²) in [6.45, 7) is 1.58. The van der Waals surface area contributed by atoms with Crippen LogP contribution < -0.4 is 4.74 Å². The molecule has 0 saturated carbocycles. The summed E-state index contributed by atoms with van der Waals surface area (Å²) in [6, 6.07) is 5.21. The number of halogens is 4. The molecular weight excluding hydrogens is 284 g/mol. The Kier molecular flexibility index (Phi) is 4.83. The Morgan fingerprint density at radius 3 is 1.90 bits per heavy atom. The molecule has 0 unspecified atom stereocenters. The van der Waals surface area contributed by atoms with E-state index in [0.29, 0.717) is 18.1 Å². The average Bonchev–Trinajstić information content (AvgIpc) is 2.36. The van der Waals surface area contributed by atoms with Crippen molar-refractivity contribution in [3.63, 3.8) is 0 Å². The van der Waals surface area contributed by atoms with Gasteiger partial charge < -0.3 is 4.74 Å². The SMILES string of the molecule is CCCc1cc(F)c(OCc2cc(F)cc(F)c2)c(F)c1. The Labute approximate surface area is 120 Å². The standard InChI is InChI=1S/C16H14F4O/c1-2-3-10-6-14(19)16(15(20)7-10)21-9-11-4-12(17)8-13(18)5-11/h4-8H,2-3,9H2,1H3. The molecule has 21 heavy (non-hydrogen) atoms. The van der Waals surface area contributed by atoms with Crippen LogP contribution in [0.1, 0.15) is 24.5 Å². The van der Waals surface area contributed by atoms with Crippen LogP contribution in [0.3, 0.4) is 0 Å². The fraction of sp³-hybridized carbons (Fsp3) is 0.250. The first kappa shape index (κ1) is 15.4. The highest BCUT2D eigenvalue weighted by molar-refractivity contribution is 5.32. The van der Waals surface area contributed by atoms with Gasteiger partial charge in [0.1, 0.15) is 18.2 Å². The van der Waals surface area contributed by atoms with Crippen molar-refractivity contribution < 1.29 is 22.3 Å². The van der Waals surface area contributed by atoms with E-state index >= 15 is 0 Å². The molecule has 112 valence electrons. The van der Waals surface area contributed by atoms with Crippen molar-refractivity contribution >= 4 is 0 Å². The van der Waals surface area contributed by atoms with Gasteiger partial charge in [-0.2, -0.15) is 0 Å². The van der Waals surface area contributed by atoms with Crippen molar-refractivity contribution in [3.05, 3.63) is 64.7 Å². The number of benzene rings is 2. The second-order valence-electron chi connectivity index (χ2n) is 4.70. The van der Waals surface area contributed by atoms with Gasteiger partial charge in [-0.3, -0.25) is 0 Å². The van der Waals surface area contributed by atoms with Gasteiger partial charge in [-0.1, -0.05) is 13.3 Å². The summed E-state index contributed by atoms with van der Waals surface area (Å²) in [7, 11) is 0. The predicted octanol–water partition coefficient (Wildman–Crippen LogP) is 4.77. The van der Waals surface area contributed by atoms with Crippen LogP contribution in [-0.2, 0) is 13.0 Å². The maximum atomic E-state index is 13.8. The molecule has 0 atom stereocenters. The summed E-state index contributed by atoms with van der Waals surface area (Å²) in [6.07, 6.45) is 1.32. The van der Waals surface area contributed by atoms with E-state index in [0.717, 1.165) is 18.6 Å². The van der Waals surface area contributed by atoms with Crippen LogP contribution >= 0.6 is 0 Å². The van der Waals surface area contributed by atoms with Gasteiger partial charge in [0.2, 0.25) is 0 Å². The van der Waals surface area contributed by atoms with Crippen molar-refractivity contribution in [2.75, 3.05) is 0 Å². The van der Waals surface area contributed by atoms with Crippen molar-refractivity contribution in [1.29, 1.82) is 0 Å². The van der Waals surface area contributed by atoms with Gasteiger partial charge in [-0.15, -0.1) is 0 Å². The molecule has 0 bridgehead atoms. The maximum Gasteiger partial charge on any atom is 0.191 e. The third kappa shape index (κ3) is 3.97. The molecule has 0 radical (unpaired) electrons. The minimum atomic E-state index is -0.824. The van der Waals surface area contributed by atoms with E-state index in [4.69, 9.17) is 4.74 Å². The zero-order valence-electron chi connectivity index (χ0n) is 11.4. The lowest BCUT2D eigenvalue weighted by molar-refractivity contribution is 0.273. The number of hydrogen-bond acceptors (Lipinski definition) is 1. The van der Waals surface area contributed by atoms with E-state index < -0.39 is 29.0 Å². The second-order valence-corrected chi connectivity index (χ2v) is 4.70. The number of hydrogen-bond donors (Lipinski definition) is 0. The van der Waals surface area contributed by atoms with Gasteiger partial charge in [0.05, 0.1) is 0 Å². The summed E-state index contributed by atoms with van der Waals surface area (Å²) < 4.78 is 58.6. The summed E-state index contributed by atoms with van der Waals surface area (Å²) in [5.74, 6) is -3.73. The zero-order chi connectivity index (χ0) is 15.4. The topological polar surface area (TPSA) is 9.23 Å². The molecule has 1 nitrogen and oxygen atoms in total. The summed E-state index contributed by atoms with van der Waals surface area (Å²) in [5, 5.41) is 0. The molecule has 2 rings (SSSR count). The van der Waals surface area contributed by atoms with E-state index in [-0.39, 0.29) is 12.2 Å². The number of ether oxygens (including phenoxy) is 1.